The van der Waals surface area contributed by atoms with Crippen LogP contribution in [0.25, 0.3) is 0 Å². The molecule has 3 atom stereocenters. The van der Waals surface area contributed by atoms with Crippen LogP contribution < -0.4 is 0 Å². The Balaban J connectivity index is 1.84. The molecule has 1 heterocycles. The molecular formula is C17H26N2O2. The third-order valence-electron chi connectivity index (χ3n) is 6.68. The van der Waals surface area contributed by atoms with Gasteiger partial charge in [0.15, 0.2) is 0 Å². The topological polar surface area (TPSA) is 44.1 Å². The minimum absolute atomic E-state index is 0.0396. The van der Waals surface area contributed by atoms with Gasteiger partial charge in [-0.3, -0.25) is 4.68 Å². The average Bonchev–Trinajstić information content (AvgIpc) is 2.84. The monoisotopic (exact) mass is 290 g/mol. The zero-order valence-electron chi connectivity index (χ0n) is 14.0. The molecule has 0 spiro atoms. The fourth-order valence-corrected chi connectivity index (χ4v) is 4.57. The van der Waals surface area contributed by atoms with Crippen molar-refractivity contribution in [3.63, 3.8) is 0 Å². The van der Waals surface area contributed by atoms with Crippen LogP contribution in [0.15, 0.2) is 0 Å². The Bertz CT molecular complexity index is 602. The number of aryl methyl sites for hydroxylation is 2. The Labute approximate surface area is 126 Å². The molecule has 0 N–H and O–H groups in total. The van der Waals surface area contributed by atoms with Gasteiger partial charge >= 0.3 is 5.97 Å². The Hall–Kier alpha value is -1.32. The lowest BCUT2D eigenvalue weighted by molar-refractivity contribution is -0.0243. The number of carbonyl (C=O) groups is 1. The van der Waals surface area contributed by atoms with Gasteiger partial charge in [0.1, 0.15) is 11.7 Å². The first-order valence-corrected chi connectivity index (χ1v) is 7.89. The highest BCUT2D eigenvalue weighted by Gasteiger charge is 2.62. The molecule has 21 heavy (non-hydrogen) atoms. The van der Waals surface area contributed by atoms with Crippen molar-refractivity contribution in [2.45, 2.75) is 60.0 Å². The summed E-state index contributed by atoms with van der Waals surface area (Å²) in [5.41, 5.74) is 2.65. The van der Waals surface area contributed by atoms with Gasteiger partial charge in [-0.05, 0) is 44.4 Å². The molecule has 0 radical (unpaired) electrons. The van der Waals surface area contributed by atoms with E-state index < -0.39 is 0 Å². The molecular weight excluding hydrogens is 264 g/mol. The molecule has 2 bridgehead atoms. The van der Waals surface area contributed by atoms with Crippen LogP contribution in [0, 0.1) is 30.6 Å². The first-order valence-electron chi connectivity index (χ1n) is 7.89. The number of hydrogen-bond donors (Lipinski definition) is 0. The molecule has 3 rings (SSSR count). The number of hydrogen-bond acceptors (Lipinski definition) is 3. The van der Waals surface area contributed by atoms with Gasteiger partial charge in [-0.15, -0.1) is 0 Å². The van der Waals surface area contributed by atoms with E-state index in [-0.39, 0.29) is 22.9 Å². The molecule has 2 aliphatic rings. The number of rotatable bonds is 2. The van der Waals surface area contributed by atoms with Crippen molar-refractivity contribution in [3.8, 4) is 0 Å². The van der Waals surface area contributed by atoms with Gasteiger partial charge in [-0.1, -0.05) is 20.8 Å². The number of esters is 1. The minimum Gasteiger partial charge on any atom is -0.458 e. The highest BCUT2D eigenvalue weighted by atomic mass is 16.5. The van der Waals surface area contributed by atoms with E-state index in [1.165, 1.54) is 6.42 Å². The first-order chi connectivity index (χ1) is 9.68. The lowest BCUT2D eigenvalue weighted by Gasteiger charge is -2.38. The van der Waals surface area contributed by atoms with Crippen molar-refractivity contribution in [1.82, 2.24) is 9.78 Å². The highest BCUT2D eigenvalue weighted by molar-refractivity contribution is 5.92. The summed E-state index contributed by atoms with van der Waals surface area (Å²) in [5, 5.41) is 4.32. The summed E-state index contributed by atoms with van der Waals surface area (Å²) in [5.74, 6) is 0.476. The van der Waals surface area contributed by atoms with Gasteiger partial charge in [0, 0.05) is 18.2 Å². The largest absolute Gasteiger partial charge is 0.458 e. The molecule has 4 nitrogen and oxygen atoms in total. The quantitative estimate of drug-likeness (QED) is 0.784. The molecule has 2 fully saturated rings. The second-order valence-electron chi connectivity index (χ2n) is 7.67. The zero-order valence-corrected chi connectivity index (χ0v) is 14.0. The maximum atomic E-state index is 12.6. The van der Waals surface area contributed by atoms with E-state index >= 15 is 0 Å². The maximum Gasteiger partial charge on any atom is 0.342 e. The van der Waals surface area contributed by atoms with E-state index in [1.54, 1.807) is 4.68 Å². The van der Waals surface area contributed by atoms with Crippen molar-refractivity contribution in [2.75, 3.05) is 0 Å². The van der Waals surface area contributed by atoms with Crippen molar-refractivity contribution >= 4 is 5.97 Å². The molecule has 0 aromatic carbocycles. The van der Waals surface area contributed by atoms with Gasteiger partial charge in [-0.25, -0.2) is 4.79 Å². The number of fused-ring (bicyclic) bond motifs is 2. The minimum atomic E-state index is -0.201. The van der Waals surface area contributed by atoms with E-state index in [0.29, 0.717) is 11.5 Å². The van der Waals surface area contributed by atoms with Gasteiger partial charge in [0.2, 0.25) is 0 Å². The smallest absolute Gasteiger partial charge is 0.342 e. The third kappa shape index (κ3) is 1.80. The lowest BCUT2D eigenvalue weighted by atomic mass is 9.70. The molecule has 0 saturated heterocycles. The summed E-state index contributed by atoms with van der Waals surface area (Å²) >= 11 is 0. The fourth-order valence-electron chi connectivity index (χ4n) is 4.57. The number of ether oxygens (including phenoxy) is 1. The second-order valence-corrected chi connectivity index (χ2v) is 7.67. The van der Waals surface area contributed by atoms with Crippen LogP contribution in [-0.4, -0.2) is 21.9 Å². The van der Waals surface area contributed by atoms with E-state index in [1.807, 2.05) is 20.9 Å². The van der Waals surface area contributed by atoms with Gasteiger partial charge in [-0.2, -0.15) is 5.10 Å². The molecule has 3 unspecified atom stereocenters. The maximum absolute atomic E-state index is 12.6. The van der Waals surface area contributed by atoms with Crippen LogP contribution >= 0.6 is 0 Å². The lowest BCUT2D eigenvalue weighted by Crippen LogP contribution is -2.38. The van der Waals surface area contributed by atoms with Crippen LogP contribution in [0.5, 0.6) is 0 Å². The predicted octanol–water partition coefficient (Wildman–Crippen LogP) is 3.41. The Morgan fingerprint density at radius 2 is 2.00 bits per heavy atom. The molecule has 4 heteroatoms. The highest BCUT2D eigenvalue weighted by Crippen LogP contribution is 2.66. The van der Waals surface area contributed by atoms with E-state index in [2.05, 4.69) is 25.9 Å². The zero-order chi connectivity index (χ0) is 15.6. The molecule has 0 amide bonds. The van der Waals surface area contributed by atoms with Crippen LogP contribution in [-0.2, 0) is 11.8 Å². The summed E-state index contributed by atoms with van der Waals surface area (Å²) in [4.78, 5) is 12.6. The summed E-state index contributed by atoms with van der Waals surface area (Å²) < 4.78 is 7.70. The second kappa shape index (κ2) is 4.34. The summed E-state index contributed by atoms with van der Waals surface area (Å²) in [6.07, 6.45) is 3.47. The predicted molar refractivity (Wildman–Crippen MR) is 81.1 cm³/mol. The van der Waals surface area contributed by atoms with Crippen molar-refractivity contribution in [3.05, 3.63) is 17.0 Å². The molecule has 1 aromatic heterocycles. The van der Waals surface area contributed by atoms with Crippen LogP contribution in [0.1, 0.15) is 61.8 Å². The standard InChI is InChI=1S/C17H26N2O2/c1-10-14(11(2)19(6)18-10)15(20)21-13-9-12-7-8-17(13,5)16(12,3)4/h12-13H,7-9H2,1-6H3. The molecule has 1 aromatic rings. The van der Waals surface area contributed by atoms with Crippen molar-refractivity contribution in [1.29, 1.82) is 0 Å². The van der Waals surface area contributed by atoms with E-state index in [0.717, 1.165) is 24.2 Å². The number of carbonyl (C=O) groups excluding carboxylic acids is 1. The molecule has 0 aliphatic heterocycles. The van der Waals surface area contributed by atoms with Crippen LogP contribution in [0.2, 0.25) is 0 Å². The first kappa shape index (κ1) is 14.6. The number of aromatic nitrogens is 2. The normalized spacial score (nSPS) is 33.4. The van der Waals surface area contributed by atoms with Crippen molar-refractivity contribution < 1.29 is 9.53 Å². The van der Waals surface area contributed by atoms with Gasteiger partial charge < -0.3 is 4.74 Å². The van der Waals surface area contributed by atoms with Crippen molar-refractivity contribution in [2.24, 2.45) is 23.8 Å². The number of nitrogens with zero attached hydrogens (tertiary/aromatic N) is 2. The fraction of sp³-hybridized carbons (Fsp3) is 0.765. The summed E-state index contributed by atoms with van der Waals surface area (Å²) in [7, 11) is 1.86. The summed E-state index contributed by atoms with van der Waals surface area (Å²) in [6.45, 7) is 10.7. The van der Waals surface area contributed by atoms with E-state index in [9.17, 15) is 4.79 Å². The average molecular weight is 290 g/mol. The Morgan fingerprint density at radius 3 is 2.43 bits per heavy atom. The summed E-state index contributed by atoms with van der Waals surface area (Å²) in [6, 6.07) is 0. The molecule has 2 aliphatic carbocycles. The Kier molecular flexibility index (Phi) is 3.02. The van der Waals surface area contributed by atoms with Crippen LogP contribution in [0.3, 0.4) is 0 Å². The molecule has 116 valence electrons. The van der Waals surface area contributed by atoms with Crippen LogP contribution in [0.4, 0.5) is 0 Å². The van der Waals surface area contributed by atoms with Gasteiger partial charge in [0.05, 0.1) is 5.69 Å². The van der Waals surface area contributed by atoms with Gasteiger partial charge in [0.25, 0.3) is 0 Å². The third-order valence-corrected chi connectivity index (χ3v) is 6.68. The Morgan fingerprint density at radius 1 is 1.33 bits per heavy atom. The van der Waals surface area contributed by atoms with E-state index in [4.69, 9.17) is 4.74 Å². The SMILES string of the molecule is Cc1nn(C)c(C)c1C(=O)OC1CC2CCC1(C)C2(C)C. The molecule has 2 saturated carbocycles.